The van der Waals surface area contributed by atoms with Gasteiger partial charge in [-0.05, 0) is 60.4 Å². The molecule has 0 aliphatic heterocycles. The second-order valence-corrected chi connectivity index (χ2v) is 10.0. The second-order valence-electron chi connectivity index (χ2n) is 8.36. The van der Waals surface area contributed by atoms with Gasteiger partial charge in [-0.2, -0.15) is 0 Å². The Kier molecular flexibility index (Phi) is 8.48. The summed E-state index contributed by atoms with van der Waals surface area (Å²) in [5, 5.41) is 11.6. The number of hydrogen-bond acceptors (Lipinski definition) is 6. The predicted molar refractivity (Wildman–Crippen MR) is 146 cm³/mol. The van der Waals surface area contributed by atoms with Crippen LogP contribution < -0.4 is 10.0 Å². The van der Waals surface area contributed by atoms with Gasteiger partial charge in [-0.1, -0.05) is 60.5 Å². The first-order valence-electron chi connectivity index (χ1n) is 11.8. The molecular formula is C29H26N4O4S. The van der Waals surface area contributed by atoms with Crippen molar-refractivity contribution < 1.29 is 18.3 Å². The van der Waals surface area contributed by atoms with Crippen molar-refractivity contribution in [3.05, 3.63) is 108 Å². The maximum Gasteiger partial charge on any atom is 0.322 e. The summed E-state index contributed by atoms with van der Waals surface area (Å²) >= 11 is 0. The summed E-state index contributed by atoms with van der Waals surface area (Å²) < 4.78 is 29.0. The van der Waals surface area contributed by atoms with E-state index in [4.69, 9.17) is 5.11 Å². The molecule has 2 aromatic heterocycles. The van der Waals surface area contributed by atoms with Gasteiger partial charge in [0.15, 0.2) is 5.03 Å². The quantitative estimate of drug-likeness (QED) is 0.264. The molecule has 4 rings (SSSR count). The van der Waals surface area contributed by atoms with Crippen molar-refractivity contribution in [2.45, 2.75) is 24.4 Å². The standard InChI is InChI=1S/C29H26N4O4S/c1-2-8-22-9-3-4-10-24(22)23-16-14-21(15-17-23)19-26(33-38(36,37)28-13-5-6-18-30-28)25-11-7-12-27(32-25)31-20-29(34)35/h3-7,9-18,26,33H,19-20H2,1H3,(H,31,32)(H,34,35). The molecule has 4 aromatic rings. The number of benzene rings is 2. The summed E-state index contributed by atoms with van der Waals surface area (Å²) in [6, 6.07) is 24.7. The Morgan fingerprint density at radius 2 is 1.74 bits per heavy atom. The Hall–Kier alpha value is -4.52. The number of aromatic nitrogens is 2. The molecule has 0 aliphatic carbocycles. The van der Waals surface area contributed by atoms with E-state index in [-0.39, 0.29) is 11.6 Å². The van der Waals surface area contributed by atoms with E-state index in [0.29, 0.717) is 17.9 Å². The molecule has 192 valence electrons. The van der Waals surface area contributed by atoms with Crippen LogP contribution in [0.3, 0.4) is 0 Å². The third kappa shape index (κ3) is 6.82. The molecule has 0 bridgehead atoms. The van der Waals surface area contributed by atoms with E-state index in [1.54, 1.807) is 37.3 Å². The van der Waals surface area contributed by atoms with Crippen molar-refractivity contribution in [1.82, 2.24) is 14.7 Å². The molecule has 9 heteroatoms. The third-order valence-corrected chi connectivity index (χ3v) is 7.04. The molecule has 0 fully saturated rings. The molecule has 2 aromatic carbocycles. The lowest BCUT2D eigenvalue weighted by molar-refractivity contribution is -0.134. The molecule has 1 unspecified atom stereocenters. The van der Waals surface area contributed by atoms with Gasteiger partial charge in [-0.25, -0.2) is 23.1 Å². The average Bonchev–Trinajstić information content (AvgIpc) is 2.93. The lowest BCUT2D eigenvalue weighted by Crippen LogP contribution is -2.31. The highest BCUT2D eigenvalue weighted by Crippen LogP contribution is 2.26. The Bertz CT molecular complexity index is 1580. The molecular weight excluding hydrogens is 500 g/mol. The maximum atomic E-state index is 13.1. The van der Waals surface area contributed by atoms with Gasteiger partial charge >= 0.3 is 5.97 Å². The molecule has 1 atom stereocenters. The summed E-state index contributed by atoms with van der Waals surface area (Å²) in [6.07, 6.45) is 1.72. The monoisotopic (exact) mass is 526 g/mol. The molecule has 2 heterocycles. The highest BCUT2D eigenvalue weighted by atomic mass is 32.2. The molecule has 0 radical (unpaired) electrons. The van der Waals surface area contributed by atoms with Gasteiger partial charge in [0.05, 0.1) is 11.7 Å². The number of sulfonamides is 1. The van der Waals surface area contributed by atoms with Crippen LogP contribution >= 0.6 is 0 Å². The summed E-state index contributed by atoms with van der Waals surface area (Å²) in [5.74, 6) is 5.36. The number of anilines is 1. The molecule has 8 nitrogen and oxygen atoms in total. The Morgan fingerprint density at radius 3 is 2.45 bits per heavy atom. The van der Waals surface area contributed by atoms with Gasteiger partial charge in [0.2, 0.25) is 0 Å². The van der Waals surface area contributed by atoms with Crippen molar-refractivity contribution in [2.24, 2.45) is 0 Å². The number of nitrogens with one attached hydrogen (secondary N) is 2. The first-order valence-corrected chi connectivity index (χ1v) is 13.3. The highest BCUT2D eigenvalue weighted by Gasteiger charge is 2.24. The number of carboxylic acid groups (broad SMARTS) is 1. The number of aliphatic carboxylic acids is 1. The van der Waals surface area contributed by atoms with E-state index in [0.717, 1.165) is 22.3 Å². The number of pyridine rings is 2. The molecule has 0 amide bonds. The third-order valence-electron chi connectivity index (χ3n) is 5.65. The van der Waals surface area contributed by atoms with Crippen molar-refractivity contribution >= 4 is 21.8 Å². The van der Waals surface area contributed by atoms with E-state index >= 15 is 0 Å². The van der Waals surface area contributed by atoms with Crippen LogP contribution in [0.2, 0.25) is 0 Å². The lowest BCUT2D eigenvalue weighted by Gasteiger charge is -2.19. The lowest BCUT2D eigenvalue weighted by atomic mass is 9.97. The van der Waals surface area contributed by atoms with Crippen LogP contribution in [0.1, 0.15) is 29.8 Å². The van der Waals surface area contributed by atoms with Crippen LogP contribution in [0, 0.1) is 11.8 Å². The van der Waals surface area contributed by atoms with Crippen LogP contribution in [0.5, 0.6) is 0 Å². The van der Waals surface area contributed by atoms with E-state index in [1.165, 1.54) is 12.3 Å². The SMILES string of the molecule is CC#Cc1ccccc1-c1ccc(CC(NS(=O)(=O)c2ccccn2)c2cccc(NCC(=O)O)n2)cc1. The Morgan fingerprint density at radius 1 is 0.974 bits per heavy atom. The number of carboxylic acids is 1. The van der Waals surface area contributed by atoms with Gasteiger partial charge < -0.3 is 10.4 Å². The Balaban J connectivity index is 1.65. The van der Waals surface area contributed by atoms with Crippen molar-refractivity contribution in [3.63, 3.8) is 0 Å². The number of nitrogens with zero attached hydrogens (tertiary/aromatic N) is 2. The van der Waals surface area contributed by atoms with Crippen molar-refractivity contribution in [2.75, 3.05) is 11.9 Å². The highest BCUT2D eigenvalue weighted by molar-refractivity contribution is 7.89. The van der Waals surface area contributed by atoms with Gasteiger partial charge in [0, 0.05) is 11.8 Å². The van der Waals surface area contributed by atoms with Gasteiger partial charge in [0.25, 0.3) is 10.0 Å². The summed E-state index contributed by atoms with van der Waals surface area (Å²) in [6.45, 7) is 1.48. The van der Waals surface area contributed by atoms with Crippen LogP contribution in [0.25, 0.3) is 11.1 Å². The predicted octanol–water partition coefficient (Wildman–Crippen LogP) is 4.27. The van der Waals surface area contributed by atoms with E-state index < -0.39 is 22.0 Å². The van der Waals surface area contributed by atoms with Crippen LogP contribution in [-0.4, -0.2) is 36.0 Å². The van der Waals surface area contributed by atoms with Crippen LogP contribution in [-0.2, 0) is 21.2 Å². The average molecular weight is 527 g/mol. The molecule has 3 N–H and O–H groups in total. The zero-order valence-corrected chi connectivity index (χ0v) is 21.4. The van der Waals surface area contributed by atoms with E-state index in [9.17, 15) is 13.2 Å². The molecule has 38 heavy (non-hydrogen) atoms. The normalized spacial score (nSPS) is 11.7. The fourth-order valence-corrected chi connectivity index (χ4v) is 5.06. The van der Waals surface area contributed by atoms with Crippen LogP contribution in [0.15, 0.2) is 96.2 Å². The molecule has 0 saturated carbocycles. The number of rotatable bonds is 10. The molecule has 0 spiro atoms. The molecule has 0 saturated heterocycles. The van der Waals surface area contributed by atoms with Crippen LogP contribution in [0.4, 0.5) is 5.82 Å². The van der Waals surface area contributed by atoms with E-state index in [2.05, 4.69) is 31.8 Å². The maximum absolute atomic E-state index is 13.1. The number of carbonyl (C=O) groups is 1. The van der Waals surface area contributed by atoms with Crippen molar-refractivity contribution in [1.29, 1.82) is 0 Å². The van der Waals surface area contributed by atoms with Crippen molar-refractivity contribution in [3.8, 4) is 23.0 Å². The minimum absolute atomic E-state index is 0.103. The fourth-order valence-electron chi connectivity index (χ4n) is 3.91. The molecule has 0 aliphatic rings. The zero-order valence-electron chi connectivity index (χ0n) is 20.6. The zero-order chi connectivity index (χ0) is 27.0. The smallest absolute Gasteiger partial charge is 0.322 e. The second kappa shape index (κ2) is 12.1. The topological polar surface area (TPSA) is 121 Å². The largest absolute Gasteiger partial charge is 0.480 e. The Labute approximate surface area is 221 Å². The first kappa shape index (κ1) is 26.5. The van der Waals surface area contributed by atoms with E-state index in [1.807, 2.05) is 48.5 Å². The summed E-state index contributed by atoms with van der Waals surface area (Å²) in [7, 11) is -3.96. The van der Waals surface area contributed by atoms with Gasteiger partial charge in [0.1, 0.15) is 12.4 Å². The summed E-state index contributed by atoms with van der Waals surface area (Å²) in [4.78, 5) is 19.4. The van der Waals surface area contributed by atoms with Gasteiger partial charge in [-0.3, -0.25) is 4.79 Å². The fraction of sp³-hybridized carbons (Fsp3) is 0.138. The van der Waals surface area contributed by atoms with Gasteiger partial charge in [-0.15, -0.1) is 5.92 Å². The first-order chi connectivity index (χ1) is 18.4. The number of hydrogen-bond donors (Lipinski definition) is 3. The minimum Gasteiger partial charge on any atom is -0.480 e. The minimum atomic E-state index is -3.96. The summed E-state index contributed by atoms with van der Waals surface area (Å²) in [5.41, 5.74) is 4.26.